The third-order valence-electron chi connectivity index (χ3n) is 3.18. The number of nitrogens with zero attached hydrogens (tertiary/aromatic N) is 3. The highest BCUT2D eigenvalue weighted by atomic mass is 15.2. The Balaban J connectivity index is 1.74. The number of hydrogen-bond acceptors (Lipinski definition) is 6. The molecule has 3 N–H and O–H groups in total. The van der Waals surface area contributed by atoms with Gasteiger partial charge in [-0.3, -0.25) is 0 Å². The number of anilines is 2. The first-order valence-corrected chi connectivity index (χ1v) is 6.43. The molecule has 0 saturated carbocycles. The molecule has 1 unspecified atom stereocenters. The molecular formula is C12H22N6. The molecule has 1 saturated heterocycles. The molecular weight excluding hydrogens is 228 g/mol. The Bertz CT molecular complexity index is 369. The molecule has 1 aromatic rings. The molecule has 100 valence electrons. The third kappa shape index (κ3) is 3.82. The summed E-state index contributed by atoms with van der Waals surface area (Å²) >= 11 is 0. The van der Waals surface area contributed by atoms with Gasteiger partial charge in [0.1, 0.15) is 18.0 Å². The largest absolute Gasteiger partial charge is 0.373 e. The predicted octanol–water partition coefficient (Wildman–Crippen LogP) is 0.224. The summed E-state index contributed by atoms with van der Waals surface area (Å²) in [4.78, 5) is 10.6. The van der Waals surface area contributed by atoms with Crippen LogP contribution in [0, 0.1) is 0 Å². The maximum Gasteiger partial charge on any atom is 0.131 e. The van der Waals surface area contributed by atoms with Gasteiger partial charge in [0.2, 0.25) is 0 Å². The Kier molecular flexibility index (Phi) is 4.72. The summed E-state index contributed by atoms with van der Waals surface area (Å²) in [5.41, 5.74) is 0. The minimum Gasteiger partial charge on any atom is -0.373 e. The molecule has 0 radical (unpaired) electrons. The van der Waals surface area contributed by atoms with E-state index in [0.29, 0.717) is 6.04 Å². The molecule has 1 aromatic heterocycles. The molecule has 18 heavy (non-hydrogen) atoms. The van der Waals surface area contributed by atoms with Crippen molar-refractivity contribution in [3.63, 3.8) is 0 Å². The fraction of sp³-hybridized carbons (Fsp3) is 0.667. The fourth-order valence-electron chi connectivity index (χ4n) is 2.15. The van der Waals surface area contributed by atoms with Crippen LogP contribution < -0.4 is 16.0 Å². The van der Waals surface area contributed by atoms with Crippen LogP contribution in [0.5, 0.6) is 0 Å². The molecule has 1 atom stereocenters. The van der Waals surface area contributed by atoms with Gasteiger partial charge in [-0.05, 0) is 13.5 Å². The van der Waals surface area contributed by atoms with E-state index in [-0.39, 0.29) is 0 Å². The first-order valence-electron chi connectivity index (χ1n) is 6.43. The summed E-state index contributed by atoms with van der Waals surface area (Å²) in [7, 11) is 4.03. The lowest BCUT2D eigenvalue weighted by molar-refractivity contribution is 0.234. The zero-order valence-electron chi connectivity index (χ0n) is 11.1. The second-order valence-electron chi connectivity index (χ2n) is 4.67. The molecule has 0 aromatic carbocycles. The van der Waals surface area contributed by atoms with Crippen molar-refractivity contribution in [2.24, 2.45) is 0 Å². The number of rotatable bonds is 5. The average molecular weight is 250 g/mol. The van der Waals surface area contributed by atoms with Gasteiger partial charge in [0.25, 0.3) is 0 Å². The molecule has 2 rings (SSSR count). The van der Waals surface area contributed by atoms with Crippen LogP contribution in [0.15, 0.2) is 12.4 Å². The van der Waals surface area contributed by atoms with Crippen LogP contribution in [0.25, 0.3) is 0 Å². The first-order chi connectivity index (χ1) is 8.78. The van der Waals surface area contributed by atoms with E-state index in [0.717, 1.165) is 44.2 Å². The highest BCUT2D eigenvalue weighted by molar-refractivity contribution is 5.45. The summed E-state index contributed by atoms with van der Waals surface area (Å²) in [5.74, 6) is 1.71. The van der Waals surface area contributed by atoms with Crippen LogP contribution >= 0.6 is 0 Å². The normalized spacial score (nSPS) is 20.7. The Labute approximate surface area is 108 Å². The number of likely N-dealkylation sites (N-methyl/N-ethyl adjacent to an activating group) is 1. The van der Waals surface area contributed by atoms with Gasteiger partial charge in [0.05, 0.1) is 0 Å². The van der Waals surface area contributed by atoms with Gasteiger partial charge in [-0.1, -0.05) is 0 Å². The fourth-order valence-corrected chi connectivity index (χ4v) is 2.15. The SMILES string of the molecule is CNc1cc(NCCC2CN(C)CCN2)ncn1. The zero-order chi connectivity index (χ0) is 12.8. The number of piperazine rings is 1. The number of nitrogens with one attached hydrogen (secondary N) is 3. The van der Waals surface area contributed by atoms with Crippen LogP contribution in [0.4, 0.5) is 11.6 Å². The standard InChI is InChI=1S/C12H22N6/c1-13-11-7-12(17-9-16-11)15-4-3-10-8-18(2)6-5-14-10/h7,9-10,14H,3-6,8H2,1-2H3,(H2,13,15,16,17). The maximum absolute atomic E-state index is 4.19. The Morgan fingerprint density at radius 1 is 1.44 bits per heavy atom. The molecule has 1 aliphatic heterocycles. The minimum atomic E-state index is 0.571. The van der Waals surface area contributed by atoms with E-state index in [4.69, 9.17) is 0 Å². The second kappa shape index (κ2) is 6.51. The van der Waals surface area contributed by atoms with Crippen molar-refractivity contribution >= 4 is 11.6 Å². The summed E-state index contributed by atoms with van der Waals surface area (Å²) in [5, 5.41) is 9.87. The van der Waals surface area contributed by atoms with Crippen molar-refractivity contribution in [1.82, 2.24) is 20.2 Å². The molecule has 6 nitrogen and oxygen atoms in total. The van der Waals surface area contributed by atoms with Crippen molar-refractivity contribution in [2.45, 2.75) is 12.5 Å². The summed E-state index contributed by atoms with van der Waals surface area (Å²) < 4.78 is 0. The third-order valence-corrected chi connectivity index (χ3v) is 3.18. The lowest BCUT2D eigenvalue weighted by Gasteiger charge is -2.30. The molecule has 1 fully saturated rings. The maximum atomic E-state index is 4.19. The van der Waals surface area contributed by atoms with Crippen LogP contribution in [0.1, 0.15) is 6.42 Å². The molecule has 0 bridgehead atoms. The van der Waals surface area contributed by atoms with Gasteiger partial charge in [-0.15, -0.1) is 0 Å². The highest BCUT2D eigenvalue weighted by Crippen LogP contribution is 2.08. The van der Waals surface area contributed by atoms with E-state index in [2.05, 4.69) is 37.9 Å². The van der Waals surface area contributed by atoms with E-state index < -0.39 is 0 Å². The topological polar surface area (TPSA) is 65.1 Å². The first kappa shape index (κ1) is 13.0. The molecule has 0 amide bonds. The van der Waals surface area contributed by atoms with Crippen LogP contribution in [0.3, 0.4) is 0 Å². The van der Waals surface area contributed by atoms with Gasteiger partial charge in [0.15, 0.2) is 0 Å². The second-order valence-corrected chi connectivity index (χ2v) is 4.67. The van der Waals surface area contributed by atoms with Crippen molar-refractivity contribution < 1.29 is 0 Å². The quantitative estimate of drug-likeness (QED) is 0.695. The van der Waals surface area contributed by atoms with Crippen LogP contribution in [-0.4, -0.2) is 61.2 Å². The number of aromatic nitrogens is 2. The highest BCUT2D eigenvalue weighted by Gasteiger charge is 2.15. The number of hydrogen-bond donors (Lipinski definition) is 3. The van der Waals surface area contributed by atoms with E-state index in [9.17, 15) is 0 Å². The monoisotopic (exact) mass is 250 g/mol. The van der Waals surface area contributed by atoms with Crippen molar-refractivity contribution in [1.29, 1.82) is 0 Å². The predicted molar refractivity (Wildman–Crippen MR) is 74.0 cm³/mol. The van der Waals surface area contributed by atoms with Crippen LogP contribution in [0.2, 0.25) is 0 Å². The van der Waals surface area contributed by atoms with Gasteiger partial charge in [-0.25, -0.2) is 9.97 Å². The van der Waals surface area contributed by atoms with Gasteiger partial charge >= 0.3 is 0 Å². The molecule has 6 heteroatoms. The van der Waals surface area contributed by atoms with E-state index in [1.54, 1.807) is 6.33 Å². The Morgan fingerprint density at radius 3 is 3.06 bits per heavy atom. The van der Waals surface area contributed by atoms with E-state index in [1.807, 2.05) is 13.1 Å². The minimum absolute atomic E-state index is 0.571. The Morgan fingerprint density at radius 2 is 2.28 bits per heavy atom. The molecule has 2 heterocycles. The van der Waals surface area contributed by atoms with Crippen molar-refractivity contribution in [2.75, 3.05) is 50.9 Å². The summed E-state index contributed by atoms with van der Waals surface area (Å²) in [6.07, 6.45) is 2.67. The lowest BCUT2D eigenvalue weighted by Crippen LogP contribution is -2.49. The molecule has 0 spiro atoms. The van der Waals surface area contributed by atoms with E-state index in [1.165, 1.54) is 0 Å². The van der Waals surface area contributed by atoms with Crippen LogP contribution in [-0.2, 0) is 0 Å². The van der Waals surface area contributed by atoms with Crippen molar-refractivity contribution in [3.8, 4) is 0 Å². The average Bonchev–Trinajstić information content (AvgIpc) is 2.39. The van der Waals surface area contributed by atoms with Gasteiger partial charge < -0.3 is 20.9 Å². The zero-order valence-corrected chi connectivity index (χ0v) is 11.1. The summed E-state index contributed by atoms with van der Waals surface area (Å²) in [6.45, 7) is 4.26. The Hall–Kier alpha value is -1.40. The van der Waals surface area contributed by atoms with E-state index >= 15 is 0 Å². The van der Waals surface area contributed by atoms with Gasteiger partial charge in [-0.2, -0.15) is 0 Å². The van der Waals surface area contributed by atoms with Crippen molar-refractivity contribution in [3.05, 3.63) is 12.4 Å². The smallest absolute Gasteiger partial charge is 0.131 e. The molecule has 0 aliphatic carbocycles. The lowest BCUT2D eigenvalue weighted by atomic mass is 10.1. The van der Waals surface area contributed by atoms with Gasteiger partial charge in [0, 0.05) is 45.3 Å². The summed E-state index contributed by atoms with van der Waals surface area (Å²) in [6, 6.07) is 2.49. The molecule has 1 aliphatic rings.